The third-order valence-corrected chi connectivity index (χ3v) is 5.30. The van der Waals surface area contributed by atoms with Gasteiger partial charge >= 0.3 is 0 Å². The Morgan fingerprint density at radius 3 is 2.35 bits per heavy atom. The lowest BCUT2D eigenvalue weighted by Crippen LogP contribution is -1.94. The van der Waals surface area contributed by atoms with Crippen molar-refractivity contribution in [2.75, 3.05) is 0 Å². The van der Waals surface area contributed by atoms with Gasteiger partial charge in [0.2, 0.25) is 0 Å². The number of hydrogen-bond acceptors (Lipinski definition) is 0. The maximum absolute atomic E-state index is 2.40. The van der Waals surface area contributed by atoms with Crippen LogP contribution in [0.15, 0.2) is 54.6 Å². The summed E-state index contributed by atoms with van der Waals surface area (Å²) in [4.78, 5) is 0. The molecule has 0 fully saturated rings. The van der Waals surface area contributed by atoms with Crippen molar-refractivity contribution in [1.29, 1.82) is 0 Å². The van der Waals surface area contributed by atoms with Gasteiger partial charge in [-0.3, -0.25) is 0 Å². The molecule has 110 valence electrons. The van der Waals surface area contributed by atoms with Crippen LogP contribution in [0, 0.1) is 13.8 Å². The second-order valence-electron chi connectivity index (χ2n) is 6.73. The van der Waals surface area contributed by atoms with E-state index in [1.54, 1.807) is 0 Å². The first kappa shape index (κ1) is 12.9. The van der Waals surface area contributed by atoms with Gasteiger partial charge in [0.05, 0.1) is 0 Å². The van der Waals surface area contributed by atoms with E-state index in [9.17, 15) is 0 Å². The molecule has 0 unspecified atom stereocenters. The Kier molecular flexibility index (Phi) is 2.50. The largest absolute Gasteiger partial charge is 0.0795 e. The molecule has 0 aliphatic heterocycles. The van der Waals surface area contributed by atoms with Gasteiger partial charge in [-0.15, -0.1) is 0 Å². The van der Waals surface area contributed by atoms with E-state index in [2.05, 4.69) is 74.5 Å². The smallest absolute Gasteiger partial charge is 0.00698 e. The topological polar surface area (TPSA) is 0 Å². The lowest BCUT2D eigenvalue weighted by atomic mass is 9.87. The van der Waals surface area contributed by atoms with E-state index >= 15 is 0 Å². The maximum atomic E-state index is 2.40. The normalized spacial score (nSPS) is 13.3. The fourth-order valence-electron chi connectivity index (χ4n) is 4.07. The van der Waals surface area contributed by atoms with E-state index in [0.717, 1.165) is 6.42 Å². The van der Waals surface area contributed by atoms with Gasteiger partial charge in [0.1, 0.15) is 0 Å². The van der Waals surface area contributed by atoms with Gasteiger partial charge in [-0.05, 0) is 93.0 Å². The summed E-state index contributed by atoms with van der Waals surface area (Å²) < 4.78 is 0. The molecule has 0 heteroatoms. The van der Waals surface area contributed by atoms with Crippen LogP contribution < -0.4 is 0 Å². The van der Waals surface area contributed by atoms with E-state index in [-0.39, 0.29) is 0 Å². The molecule has 0 nitrogen and oxygen atoms in total. The fourth-order valence-corrected chi connectivity index (χ4v) is 4.07. The molecule has 5 rings (SSSR count). The van der Waals surface area contributed by atoms with Gasteiger partial charge in [0.25, 0.3) is 0 Å². The van der Waals surface area contributed by atoms with Crippen molar-refractivity contribution < 1.29 is 0 Å². The Morgan fingerprint density at radius 2 is 1.52 bits per heavy atom. The molecule has 0 heterocycles. The van der Waals surface area contributed by atoms with Crippen LogP contribution in [-0.4, -0.2) is 0 Å². The average molecular weight is 294 g/mol. The Morgan fingerprint density at radius 1 is 0.739 bits per heavy atom. The van der Waals surface area contributed by atoms with Gasteiger partial charge in [-0.25, -0.2) is 0 Å². The van der Waals surface area contributed by atoms with Crippen molar-refractivity contribution in [2.24, 2.45) is 0 Å². The minimum absolute atomic E-state index is 1.04. The van der Waals surface area contributed by atoms with E-state index in [4.69, 9.17) is 0 Å². The summed E-state index contributed by atoms with van der Waals surface area (Å²) in [6.45, 7) is 4.41. The lowest BCUT2D eigenvalue weighted by molar-refractivity contribution is 1.30. The molecule has 4 aromatic rings. The van der Waals surface area contributed by atoms with Crippen LogP contribution in [0.25, 0.3) is 38.4 Å². The standard InChI is InChI=1S/C23H18/c1-14-9-10-15(2)21-13-22-18(12-20(14)21)11-17-7-3-5-16-6-4-8-19(22)23(16)17/h3-5,7-13H,6H2,1-2H3. The predicted molar refractivity (Wildman–Crippen MR) is 101 cm³/mol. The monoisotopic (exact) mass is 294 g/mol. The van der Waals surface area contributed by atoms with E-state index in [0.29, 0.717) is 0 Å². The Hall–Kier alpha value is -2.60. The van der Waals surface area contributed by atoms with E-state index in [1.807, 2.05) is 0 Å². The Labute approximate surface area is 136 Å². The summed E-state index contributed by atoms with van der Waals surface area (Å²) in [6, 6.07) is 18.3. The summed E-state index contributed by atoms with van der Waals surface area (Å²) in [5.41, 5.74) is 5.54. The lowest BCUT2D eigenvalue weighted by Gasteiger charge is -2.17. The third kappa shape index (κ3) is 1.72. The zero-order chi connectivity index (χ0) is 15.6. The van der Waals surface area contributed by atoms with Gasteiger partial charge in [0.15, 0.2) is 0 Å². The van der Waals surface area contributed by atoms with Crippen molar-refractivity contribution in [2.45, 2.75) is 20.3 Å². The number of allylic oxidation sites excluding steroid dienone is 1. The SMILES string of the molecule is Cc1ccc(C)c2cc3c4c5c(cccc5cc3cc12)CC=C4. The fraction of sp³-hybridized carbons (Fsp3) is 0.130. The summed E-state index contributed by atoms with van der Waals surface area (Å²) in [6.07, 6.45) is 5.65. The van der Waals surface area contributed by atoms with E-state index in [1.165, 1.54) is 54.6 Å². The highest BCUT2D eigenvalue weighted by molar-refractivity contribution is 6.13. The first-order valence-corrected chi connectivity index (χ1v) is 8.27. The van der Waals surface area contributed by atoms with E-state index < -0.39 is 0 Å². The molecule has 23 heavy (non-hydrogen) atoms. The van der Waals surface area contributed by atoms with Crippen LogP contribution in [0.3, 0.4) is 0 Å². The van der Waals surface area contributed by atoms with Crippen LogP contribution >= 0.6 is 0 Å². The molecule has 1 aliphatic rings. The molecule has 0 aromatic heterocycles. The van der Waals surface area contributed by atoms with Crippen LogP contribution in [0.2, 0.25) is 0 Å². The molecule has 0 saturated heterocycles. The zero-order valence-corrected chi connectivity index (χ0v) is 13.5. The highest BCUT2D eigenvalue weighted by atomic mass is 14.2. The molecule has 0 N–H and O–H groups in total. The van der Waals surface area contributed by atoms with Gasteiger partial charge in [-0.2, -0.15) is 0 Å². The van der Waals surface area contributed by atoms with Gasteiger partial charge in [-0.1, -0.05) is 42.5 Å². The summed E-state index contributed by atoms with van der Waals surface area (Å²) in [5.74, 6) is 0. The van der Waals surface area contributed by atoms with Crippen molar-refractivity contribution in [3.8, 4) is 0 Å². The second kappa shape index (κ2) is 4.45. The number of benzene rings is 4. The molecule has 1 aliphatic carbocycles. The summed E-state index contributed by atoms with van der Waals surface area (Å²) in [7, 11) is 0. The highest BCUT2D eigenvalue weighted by Crippen LogP contribution is 2.37. The highest BCUT2D eigenvalue weighted by Gasteiger charge is 2.13. The quantitative estimate of drug-likeness (QED) is 0.332. The van der Waals surface area contributed by atoms with Crippen LogP contribution in [0.1, 0.15) is 22.3 Å². The molecule has 0 saturated carbocycles. The zero-order valence-electron chi connectivity index (χ0n) is 13.5. The third-order valence-electron chi connectivity index (χ3n) is 5.30. The Balaban J connectivity index is 2.06. The number of rotatable bonds is 0. The summed E-state index contributed by atoms with van der Waals surface area (Å²) >= 11 is 0. The molecule has 0 amide bonds. The van der Waals surface area contributed by atoms with Crippen LogP contribution in [0.5, 0.6) is 0 Å². The Bertz CT molecular complexity index is 1140. The molecular formula is C23H18. The molecule has 4 aromatic carbocycles. The molecule has 0 spiro atoms. The number of hydrogen-bond donors (Lipinski definition) is 0. The minimum Gasteiger partial charge on any atom is -0.0795 e. The number of aryl methyl sites for hydroxylation is 2. The average Bonchev–Trinajstić information content (AvgIpc) is 2.58. The predicted octanol–water partition coefficient (Wildman–Crippen LogP) is 6.33. The minimum atomic E-state index is 1.04. The van der Waals surface area contributed by atoms with Crippen molar-refractivity contribution in [3.63, 3.8) is 0 Å². The van der Waals surface area contributed by atoms with Gasteiger partial charge < -0.3 is 0 Å². The van der Waals surface area contributed by atoms with Crippen molar-refractivity contribution in [3.05, 3.63) is 76.9 Å². The molecule has 0 radical (unpaired) electrons. The summed E-state index contributed by atoms with van der Waals surface area (Å²) in [5, 5.41) is 8.27. The van der Waals surface area contributed by atoms with Crippen LogP contribution in [-0.2, 0) is 6.42 Å². The molecule has 0 atom stereocenters. The van der Waals surface area contributed by atoms with Crippen molar-refractivity contribution in [1.82, 2.24) is 0 Å². The molecule has 0 bridgehead atoms. The van der Waals surface area contributed by atoms with Crippen molar-refractivity contribution >= 4 is 38.4 Å². The maximum Gasteiger partial charge on any atom is -0.00698 e. The first-order valence-electron chi connectivity index (χ1n) is 8.27. The molecular weight excluding hydrogens is 276 g/mol. The first-order chi connectivity index (χ1) is 11.2. The number of fused-ring (bicyclic) bond motifs is 3. The van der Waals surface area contributed by atoms with Crippen LogP contribution in [0.4, 0.5) is 0 Å². The van der Waals surface area contributed by atoms with Gasteiger partial charge in [0, 0.05) is 0 Å². The second-order valence-corrected chi connectivity index (χ2v) is 6.73.